The lowest BCUT2D eigenvalue weighted by Crippen LogP contribution is -2.50. The maximum absolute atomic E-state index is 13.7. The van der Waals surface area contributed by atoms with E-state index in [2.05, 4.69) is 0 Å². The van der Waals surface area contributed by atoms with Crippen molar-refractivity contribution >= 4 is 11.6 Å². The summed E-state index contributed by atoms with van der Waals surface area (Å²) < 4.78 is 13.7. The zero-order chi connectivity index (χ0) is 13.2. The average molecular weight is 250 g/mol. The molecule has 1 fully saturated rings. The topological polar surface area (TPSA) is 46.3 Å². The maximum atomic E-state index is 13.7. The van der Waals surface area contributed by atoms with Gasteiger partial charge in [0, 0.05) is 18.5 Å². The highest BCUT2D eigenvalue weighted by Crippen LogP contribution is 2.33. The predicted molar refractivity (Wildman–Crippen MR) is 69.8 cm³/mol. The molecule has 0 heterocycles. The van der Waals surface area contributed by atoms with Crippen LogP contribution in [0.4, 0.5) is 10.1 Å². The molecule has 1 saturated carbocycles. The molecule has 18 heavy (non-hydrogen) atoms. The van der Waals surface area contributed by atoms with Crippen LogP contribution in [-0.4, -0.2) is 18.0 Å². The van der Waals surface area contributed by atoms with Crippen LogP contribution in [0.25, 0.3) is 0 Å². The van der Waals surface area contributed by atoms with Gasteiger partial charge in [0.1, 0.15) is 5.82 Å². The third-order valence-electron chi connectivity index (χ3n) is 3.61. The summed E-state index contributed by atoms with van der Waals surface area (Å²) in [4.78, 5) is 13.7. The molecule has 1 aliphatic rings. The Morgan fingerprint density at radius 2 is 2.11 bits per heavy atom. The summed E-state index contributed by atoms with van der Waals surface area (Å²) in [5.41, 5.74) is 6.05. The average Bonchev–Trinajstić information content (AvgIpc) is 2.30. The van der Waals surface area contributed by atoms with Crippen molar-refractivity contribution in [2.75, 3.05) is 11.4 Å². The molecule has 0 aromatic heterocycles. The molecular formula is C14H19FN2O. The summed E-state index contributed by atoms with van der Waals surface area (Å²) in [7, 11) is 0. The summed E-state index contributed by atoms with van der Waals surface area (Å²) in [5.74, 6) is -0.461. The molecule has 1 aromatic rings. The van der Waals surface area contributed by atoms with Crippen molar-refractivity contribution in [2.45, 2.75) is 38.1 Å². The van der Waals surface area contributed by atoms with Gasteiger partial charge in [0.2, 0.25) is 5.91 Å². The number of carbonyl (C=O) groups is 1. The Kier molecular flexibility index (Phi) is 3.66. The molecule has 0 unspecified atom stereocenters. The quantitative estimate of drug-likeness (QED) is 0.892. The highest BCUT2D eigenvalue weighted by Gasteiger charge is 2.36. The molecule has 0 aliphatic heterocycles. The van der Waals surface area contributed by atoms with Gasteiger partial charge in [-0.05, 0) is 38.3 Å². The largest absolute Gasteiger partial charge is 0.325 e. The van der Waals surface area contributed by atoms with E-state index < -0.39 is 0 Å². The highest BCUT2D eigenvalue weighted by atomic mass is 19.1. The Balaban J connectivity index is 2.13. The SMILES string of the molecule is CCN(C(=O)CC1(N)CCC1)c1ccccc1F. The number of carbonyl (C=O) groups excluding carboxylic acids is 1. The predicted octanol–water partition coefficient (Wildman–Crippen LogP) is 2.45. The third kappa shape index (κ3) is 2.53. The summed E-state index contributed by atoms with van der Waals surface area (Å²) in [6.45, 7) is 2.30. The summed E-state index contributed by atoms with van der Waals surface area (Å²) >= 11 is 0. The Morgan fingerprint density at radius 1 is 1.44 bits per heavy atom. The standard InChI is InChI=1S/C14H19FN2O/c1-2-17(12-7-4-3-6-11(12)15)13(18)10-14(16)8-5-9-14/h3-4,6-7H,2,5,8-10,16H2,1H3. The molecule has 1 amide bonds. The Bertz CT molecular complexity index is 443. The van der Waals surface area contributed by atoms with Gasteiger partial charge in [0.25, 0.3) is 0 Å². The molecule has 1 aliphatic carbocycles. The van der Waals surface area contributed by atoms with E-state index in [4.69, 9.17) is 5.73 Å². The molecule has 0 saturated heterocycles. The minimum Gasteiger partial charge on any atom is -0.325 e. The first-order valence-corrected chi connectivity index (χ1v) is 6.39. The summed E-state index contributed by atoms with van der Waals surface area (Å²) in [5, 5.41) is 0. The Hall–Kier alpha value is -1.42. The van der Waals surface area contributed by atoms with Gasteiger partial charge in [0.15, 0.2) is 0 Å². The molecule has 2 rings (SSSR count). The first-order valence-electron chi connectivity index (χ1n) is 6.39. The summed E-state index contributed by atoms with van der Waals surface area (Å²) in [6.07, 6.45) is 3.14. The number of hydrogen-bond donors (Lipinski definition) is 1. The molecule has 3 nitrogen and oxygen atoms in total. The van der Waals surface area contributed by atoms with Gasteiger partial charge < -0.3 is 10.6 Å². The number of nitrogens with two attached hydrogens (primary N) is 1. The number of halogens is 1. The van der Waals surface area contributed by atoms with E-state index in [9.17, 15) is 9.18 Å². The molecule has 0 bridgehead atoms. The van der Waals surface area contributed by atoms with Gasteiger partial charge in [-0.3, -0.25) is 4.79 Å². The third-order valence-corrected chi connectivity index (χ3v) is 3.61. The van der Waals surface area contributed by atoms with E-state index in [-0.39, 0.29) is 17.3 Å². The normalized spacial score (nSPS) is 17.1. The van der Waals surface area contributed by atoms with Crippen molar-refractivity contribution in [3.05, 3.63) is 30.1 Å². The van der Waals surface area contributed by atoms with Crippen LogP contribution in [0.15, 0.2) is 24.3 Å². The van der Waals surface area contributed by atoms with Gasteiger partial charge in [-0.15, -0.1) is 0 Å². The zero-order valence-electron chi connectivity index (χ0n) is 10.7. The number of hydrogen-bond acceptors (Lipinski definition) is 2. The van der Waals surface area contributed by atoms with Gasteiger partial charge in [-0.2, -0.15) is 0 Å². The lowest BCUT2D eigenvalue weighted by molar-refractivity contribution is -0.120. The van der Waals surface area contributed by atoms with Crippen LogP contribution in [0, 0.1) is 5.82 Å². The van der Waals surface area contributed by atoms with Gasteiger partial charge in [-0.1, -0.05) is 12.1 Å². The Labute approximate surface area is 107 Å². The molecule has 0 atom stereocenters. The fraction of sp³-hybridized carbons (Fsp3) is 0.500. The van der Waals surface area contributed by atoms with E-state index in [1.54, 1.807) is 18.2 Å². The van der Waals surface area contributed by atoms with Gasteiger partial charge in [0.05, 0.1) is 5.69 Å². The van der Waals surface area contributed by atoms with E-state index in [1.165, 1.54) is 11.0 Å². The van der Waals surface area contributed by atoms with Crippen LogP contribution >= 0.6 is 0 Å². The van der Waals surface area contributed by atoms with E-state index in [0.29, 0.717) is 18.7 Å². The highest BCUT2D eigenvalue weighted by molar-refractivity contribution is 5.94. The molecule has 1 aromatic carbocycles. The van der Waals surface area contributed by atoms with Crippen molar-refractivity contribution in [1.29, 1.82) is 0 Å². The molecule has 0 spiro atoms. The number of anilines is 1. The smallest absolute Gasteiger partial charge is 0.228 e. The first kappa shape index (κ1) is 13.0. The lowest BCUT2D eigenvalue weighted by atomic mass is 9.75. The maximum Gasteiger partial charge on any atom is 0.228 e. The van der Waals surface area contributed by atoms with Crippen molar-refractivity contribution in [3.8, 4) is 0 Å². The van der Waals surface area contributed by atoms with Crippen LogP contribution in [0.1, 0.15) is 32.6 Å². The van der Waals surface area contributed by atoms with Crippen molar-refractivity contribution in [1.82, 2.24) is 0 Å². The second-order valence-electron chi connectivity index (χ2n) is 4.98. The van der Waals surface area contributed by atoms with E-state index >= 15 is 0 Å². The number of amides is 1. The lowest BCUT2D eigenvalue weighted by Gasteiger charge is -2.38. The molecule has 4 heteroatoms. The second-order valence-corrected chi connectivity index (χ2v) is 4.98. The monoisotopic (exact) mass is 250 g/mol. The number of rotatable bonds is 4. The van der Waals surface area contributed by atoms with Crippen LogP contribution in [0.2, 0.25) is 0 Å². The van der Waals surface area contributed by atoms with E-state index in [1.807, 2.05) is 6.92 Å². The second kappa shape index (κ2) is 5.06. The van der Waals surface area contributed by atoms with Crippen LogP contribution in [-0.2, 0) is 4.79 Å². The van der Waals surface area contributed by atoms with Crippen molar-refractivity contribution < 1.29 is 9.18 Å². The van der Waals surface area contributed by atoms with Crippen LogP contribution < -0.4 is 10.6 Å². The zero-order valence-corrected chi connectivity index (χ0v) is 10.7. The van der Waals surface area contributed by atoms with Crippen LogP contribution in [0.3, 0.4) is 0 Å². The Morgan fingerprint density at radius 3 is 2.61 bits per heavy atom. The first-order chi connectivity index (χ1) is 8.56. The fourth-order valence-electron chi connectivity index (χ4n) is 2.36. The number of nitrogens with zero attached hydrogens (tertiary/aromatic N) is 1. The van der Waals surface area contributed by atoms with E-state index in [0.717, 1.165) is 19.3 Å². The fourth-order valence-corrected chi connectivity index (χ4v) is 2.36. The minimum absolute atomic E-state index is 0.0928. The minimum atomic E-state index is -0.368. The van der Waals surface area contributed by atoms with Gasteiger partial charge >= 0.3 is 0 Å². The van der Waals surface area contributed by atoms with Crippen LogP contribution in [0.5, 0.6) is 0 Å². The number of benzene rings is 1. The molecule has 98 valence electrons. The summed E-state index contributed by atoms with van der Waals surface area (Å²) in [6, 6.07) is 6.34. The molecule has 2 N–H and O–H groups in total. The number of para-hydroxylation sites is 1. The van der Waals surface area contributed by atoms with Gasteiger partial charge in [-0.25, -0.2) is 4.39 Å². The van der Waals surface area contributed by atoms with Crippen molar-refractivity contribution in [2.24, 2.45) is 5.73 Å². The van der Waals surface area contributed by atoms with Crippen molar-refractivity contribution in [3.63, 3.8) is 0 Å². The molecular weight excluding hydrogens is 231 g/mol. The molecule has 0 radical (unpaired) electrons.